The Labute approximate surface area is 162 Å². The SMILES string of the molecule is CCCCNCCN.C[Si](C)(C)O[Si](C)(C)O[Si](C)(C)O[Si](C)(C)C. The predicted molar refractivity (Wildman–Crippen MR) is 122 cm³/mol. The average Bonchev–Trinajstić information content (AvgIpc) is 2.27. The monoisotopic (exact) mass is 426 g/mol. The molecule has 25 heavy (non-hydrogen) atoms. The molecule has 0 radical (unpaired) electrons. The van der Waals surface area contributed by atoms with Gasteiger partial charge in [-0.2, -0.15) is 0 Å². The molecule has 0 aromatic carbocycles. The molecule has 0 amide bonds. The van der Waals surface area contributed by atoms with Crippen molar-refractivity contribution in [3.8, 4) is 0 Å². The highest BCUT2D eigenvalue weighted by atomic mass is 28.5. The number of hydrogen-bond donors (Lipinski definition) is 2. The Kier molecular flexibility index (Phi) is 13.6. The third kappa shape index (κ3) is 22.6. The minimum atomic E-state index is -2.05. The maximum atomic E-state index is 6.28. The molecule has 0 atom stereocenters. The maximum absolute atomic E-state index is 6.28. The summed E-state index contributed by atoms with van der Waals surface area (Å²) in [5.41, 5.74) is 5.25. The summed E-state index contributed by atoms with van der Waals surface area (Å²) in [5, 5.41) is 3.21. The Balaban J connectivity index is 0. The van der Waals surface area contributed by atoms with Gasteiger partial charge in [0.25, 0.3) is 0 Å². The Morgan fingerprint density at radius 2 is 1.08 bits per heavy atom. The van der Waals surface area contributed by atoms with E-state index in [1.165, 1.54) is 12.8 Å². The highest BCUT2D eigenvalue weighted by Gasteiger charge is 2.41. The normalized spacial score (nSPS) is 13.4. The second kappa shape index (κ2) is 12.2. The van der Waals surface area contributed by atoms with Crippen LogP contribution in [-0.4, -0.2) is 53.4 Å². The van der Waals surface area contributed by atoms with Crippen LogP contribution in [-0.2, 0) is 12.3 Å². The molecule has 5 nitrogen and oxygen atoms in total. The van der Waals surface area contributed by atoms with Crippen LogP contribution in [0.1, 0.15) is 19.8 Å². The summed E-state index contributed by atoms with van der Waals surface area (Å²) < 4.78 is 18.7. The summed E-state index contributed by atoms with van der Waals surface area (Å²) in [6.07, 6.45) is 2.53. The lowest BCUT2D eigenvalue weighted by Crippen LogP contribution is -2.55. The largest absolute Gasteiger partial charge is 0.437 e. The molecule has 0 fully saturated rings. The summed E-state index contributed by atoms with van der Waals surface area (Å²) in [6.45, 7) is 26.8. The van der Waals surface area contributed by atoms with Gasteiger partial charge in [0.05, 0.1) is 0 Å². The summed E-state index contributed by atoms with van der Waals surface area (Å²) in [5.74, 6) is 0. The van der Waals surface area contributed by atoms with Gasteiger partial charge in [-0.25, -0.2) is 0 Å². The lowest BCUT2D eigenvalue weighted by molar-refractivity contribution is 0.331. The van der Waals surface area contributed by atoms with E-state index in [1.807, 2.05) is 0 Å². The summed E-state index contributed by atoms with van der Waals surface area (Å²) in [6, 6.07) is 0. The Bertz CT molecular complexity index is 311. The van der Waals surface area contributed by atoms with Gasteiger partial charge in [0.15, 0.2) is 16.6 Å². The standard InChI is InChI=1S/C10H30O3Si4.C6H16N2/c1-14(2,3)11-16(7,8)13-17(9,10)12-15(4,5)6;1-2-3-5-8-6-4-7/h1-10H3;8H,2-7H2,1H3. The Hall–Kier alpha value is 0.668. The van der Waals surface area contributed by atoms with Crippen LogP contribution in [0.15, 0.2) is 0 Å². The second-order valence-corrected chi connectivity index (χ2v) is 25.7. The van der Waals surface area contributed by atoms with Gasteiger partial charge in [-0.05, 0) is 78.4 Å². The van der Waals surface area contributed by atoms with Crippen molar-refractivity contribution in [1.29, 1.82) is 0 Å². The Morgan fingerprint density at radius 3 is 1.36 bits per heavy atom. The van der Waals surface area contributed by atoms with Gasteiger partial charge in [-0.1, -0.05) is 13.3 Å². The first kappa shape index (κ1) is 27.9. The molecule has 3 N–H and O–H groups in total. The molecule has 0 aliphatic heterocycles. The van der Waals surface area contributed by atoms with Crippen LogP contribution in [0.25, 0.3) is 0 Å². The highest BCUT2D eigenvalue weighted by Crippen LogP contribution is 2.23. The topological polar surface area (TPSA) is 65.7 Å². The first-order valence-corrected chi connectivity index (χ1v) is 22.0. The van der Waals surface area contributed by atoms with E-state index in [0.29, 0.717) is 0 Å². The molecule has 9 heteroatoms. The molecule has 154 valence electrons. The molecule has 0 unspecified atom stereocenters. The highest BCUT2D eigenvalue weighted by molar-refractivity contribution is 6.89. The molecule has 0 bridgehead atoms. The average molecular weight is 427 g/mol. The minimum Gasteiger partial charge on any atom is -0.437 e. The first-order valence-electron chi connectivity index (χ1n) is 9.55. The molecule has 0 rings (SSSR count). The lowest BCUT2D eigenvalue weighted by Gasteiger charge is -2.39. The van der Waals surface area contributed by atoms with Crippen molar-refractivity contribution in [2.45, 2.75) is 85.2 Å². The van der Waals surface area contributed by atoms with Crippen molar-refractivity contribution in [2.75, 3.05) is 19.6 Å². The zero-order chi connectivity index (χ0) is 20.4. The van der Waals surface area contributed by atoms with E-state index in [0.717, 1.165) is 19.6 Å². The van der Waals surface area contributed by atoms with E-state index in [-0.39, 0.29) is 0 Å². The molecule has 0 aromatic rings. The molecule has 0 aliphatic rings. The summed E-state index contributed by atoms with van der Waals surface area (Å²) in [4.78, 5) is 0. The number of unbranched alkanes of at least 4 members (excludes halogenated alkanes) is 1. The second-order valence-electron chi connectivity index (χ2n) is 9.22. The van der Waals surface area contributed by atoms with Crippen LogP contribution >= 0.6 is 0 Å². The van der Waals surface area contributed by atoms with Gasteiger partial charge < -0.3 is 23.4 Å². The first-order chi connectivity index (χ1) is 11.0. The number of hydrogen-bond acceptors (Lipinski definition) is 5. The molecule has 0 heterocycles. The van der Waals surface area contributed by atoms with Crippen LogP contribution in [0.2, 0.25) is 65.5 Å². The van der Waals surface area contributed by atoms with Gasteiger partial charge in [0, 0.05) is 13.1 Å². The van der Waals surface area contributed by atoms with Gasteiger partial charge in [-0.15, -0.1) is 0 Å². The van der Waals surface area contributed by atoms with Crippen LogP contribution in [0, 0.1) is 0 Å². The fourth-order valence-electron chi connectivity index (χ4n) is 2.64. The van der Waals surface area contributed by atoms with E-state index in [9.17, 15) is 0 Å². The van der Waals surface area contributed by atoms with E-state index in [1.54, 1.807) is 0 Å². The molecular formula is C16H46N2O3Si4. The third-order valence-electron chi connectivity index (χ3n) is 2.62. The maximum Gasteiger partial charge on any atom is 0.312 e. The van der Waals surface area contributed by atoms with Crippen molar-refractivity contribution in [2.24, 2.45) is 5.73 Å². The van der Waals surface area contributed by atoms with E-state index in [4.69, 9.17) is 18.1 Å². The number of nitrogens with two attached hydrogens (primary N) is 1. The van der Waals surface area contributed by atoms with Gasteiger partial charge in [-0.3, -0.25) is 0 Å². The number of nitrogens with one attached hydrogen (secondary N) is 1. The van der Waals surface area contributed by atoms with Crippen molar-refractivity contribution in [3.63, 3.8) is 0 Å². The van der Waals surface area contributed by atoms with Gasteiger partial charge in [0.2, 0.25) is 0 Å². The smallest absolute Gasteiger partial charge is 0.312 e. The van der Waals surface area contributed by atoms with Crippen LogP contribution in [0.5, 0.6) is 0 Å². The zero-order valence-corrected chi connectivity index (χ0v) is 22.8. The van der Waals surface area contributed by atoms with Crippen molar-refractivity contribution >= 4 is 33.8 Å². The van der Waals surface area contributed by atoms with Crippen LogP contribution < -0.4 is 11.1 Å². The molecule has 0 saturated heterocycles. The van der Waals surface area contributed by atoms with E-state index in [2.05, 4.69) is 77.7 Å². The molecule has 0 saturated carbocycles. The minimum absolute atomic E-state index is 0.754. The molecule has 0 spiro atoms. The lowest BCUT2D eigenvalue weighted by atomic mass is 10.3. The third-order valence-corrected chi connectivity index (χ3v) is 15.4. The fraction of sp³-hybridized carbons (Fsp3) is 1.00. The number of rotatable bonds is 11. The van der Waals surface area contributed by atoms with Crippen LogP contribution in [0.4, 0.5) is 0 Å². The molecular weight excluding hydrogens is 381 g/mol. The Morgan fingerprint density at radius 1 is 0.680 bits per heavy atom. The fourth-order valence-corrected chi connectivity index (χ4v) is 20.3. The van der Waals surface area contributed by atoms with E-state index >= 15 is 0 Å². The van der Waals surface area contributed by atoms with Crippen molar-refractivity contribution in [3.05, 3.63) is 0 Å². The predicted octanol–water partition coefficient (Wildman–Crippen LogP) is 4.44. The summed E-state index contributed by atoms with van der Waals surface area (Å²) in [7, 11) is -7.18. The van der Waals surface area contributed by atoms with Crippen molar-refractivity contribution < 1.29 is 12.3 Å². The summed E-state index contributed by atoms with van der Waals surface area (Å²) >= 11 is 0. The van der Waals surface area contributed by atoms with Crippen LogP contribution in [0.3, 0.4) is 0 Å². The van der Waals surface area contributed by atoms with Gasteiger partial charge in [0.1, 0.15) is 0 Å². The van der Waals surface area contributed by atoms with Gasteiger partial charge >= 0.3 is 17.1 Å². The molecule has 0 aromatic heterocycles. The quantitative estimate of drug-likeness (QED) is 0.377. The van der Waals surface area contributed by atoms with Crippen molar-refractivity contribution in [1.82, 2.24) is 5.32 Å². The van der Waals surface area contributed by atoms with E-state index < -0.39 is 33.8 Å². The molecule has 0 aliphatic carbocycles. The zero-order valence-electron chi connectivity index (χ0n) is 18.8.